The fourth-order valence-electron chi connectivity index (χ4n) is 4.22. The molecule has 2 unspecified atom stereocenters. The van der Waals surface area contributed by atoms with Gasteiger partial charge in [0.2, 0.25) is 0 Å². The van der Waals surface area contributed by atoms with E-state index in [1.165, 1.54) is 0 Å². The molecule has 2 atom stereocenters. The highest BCUT2D eigenvalue weighted by atomic mass is 19.4. The van der Waals surface area contributed by atoms with E-state index >= 15 is 0 Å². The summed E-state index contributed by atoms with van der Waals surface area (Å²) in [5.41, 5.74) is -1.96. The first-order valence-corrected chi connectivity index (χ1v) is 5.79. The lowest BCUT2D eigenvalue weighted by Gasteiger charge is -2.30. The summed E-state index contributed by atoms with van der Waals surface area (Å²) in [4.78, 5) is 0. The minimum Gasteiger partial charge on any atom is -0.170 e. The summed E-state index contributed by atoms with van der Waals surface area (Å²) in [6, 6.07) is 0. The van der Waals surface area contributed by atoms with E-state index in [1.54, 1.807) is 20.8 Å². The average molecular weight is 222 g/mol. The molecule has 90 valence electrons. The fraction of sp³-hybridized carbons (Fsp3) is 1.00. The highest BCUT2D eigenvalue weighted by Gasteiger charge is 2.83. The quantitative estimate of drug-likeness (QED) is 0.652. The number of alkyl halides is 3. The second kappa shape index (κ2) is 3.39. The van der Waals surface area contributed by atoms with Crippen LogP contribution in [-0.4, -0.2) is 6.18 Å². The van der Waals surface area contributed by atoms with Crippen molar-refractivity contribution in [1.29, 1.82) is 0 Å². The van der Waals surface area contributed by atoms with Crippen molar-refractivity contribution in [2.75, 3.05) is 0 Å². The van der Waals surface area contributed by atoms with E-state index in [1.807, 2.05) is 13.8 Å². The van der Waals surface area contributed by atoms with Crippen LogP contribution in [0, 0.1) is 22.7 Å². The van der Waals surface area contributed by atoms with Gasteiger partial charge in [-0.15, -0.1) is 0 Å². The van der Waals surface area contributed by atoms with Gasteiger partial charge in [0.25, 0.3) is 0 Å². The van der Waals surface area contributed by atoms with Crippen molar-refractivity contribution >= 4 is 0 Å². The van der Waals surface area contributed by atoms with Gasteiger partial charge in [-0.1, -0.05) is 34.6 Å². The summed E-state index contributed by atoms with van der Waals surface area (Å²) in [6.07, 6.45) is -2.81. The van der Waals surface area contributed by atoms with Gasteiger partial charge >= 0.3 is 6.18 Å². The Morgan fingerprint density at radius 2 is 1.53 bits per heavy atom. The zero-order chi connectivity index (χ0) is 12.1. The molecule has 0 radical (unpaired) electrons. The minimum atomic E-state index is -4.06. The maximum absolute atomic E-state index is 13.3. The Labute approximate surface area is 90.2 Å². The van der Waals surface area contributed by atoms with Crippen molar-refractivity contribution in [3.05, 3.63) is 0 Å². The molecule has 0 N–H and O–H groups in total. The summed E-state index contributed by atoms with van der Waals surface area (Å²) in [7, 11) is 0. The van der Waals surface area contributed by atoms with Crippen LogP contribution in [0.1, 0.15) is 47.5 Å². The van der Waals surface area contributed by atoms with Gasteiger partial charge in [0.15, 0.2) is 0 Å². The van der Waals surface area contributed by atoms with E-state index in [4.69, 9.17) is 0 Å². The first-order valence-electron chi connectivity index (χ1n) is 5.79. The molecule has 0 aromatic rings. The van der Waals surface area contributed by atoms with E-state index < -0.39 is 17.0 Å². The standard InChI is InChI=1S/C12H21F3/c1-6-10(7-2)9(5)11(10,8(3)4)12(13,14)15/h8-9H,6-7H2,1-5H3. The zero-order valence-corrected chi connectivity index (χ0v) is 10.2. The predicted octanol–water partition coefficient (Wildman–Crippen LogP) is 4.65. The van der Waals surface area contributed by atoms with E-state index in [0.29, 0.717) is 12.8 Å². The molecule has 1 aliphatic carbocycles. The van der Waals surface area contributed by atoms with Crippen molar-refractivity contribution in [3.8, 4) is 0 Å². The topological polar surface area (TPSA) is 0 Å². The van der Waals surface area contributed by atoms with Gasteiger partial charge < -0.3 is 0 Å². The minimum absolute atomic E-state index is 0.236. The molecule has 1 saturated carbocycles. The van der Waals surface area contributed by atoms with Crippen LogP contribution >= 0.6 is 0 Å². The SMILES string of the molecule is CCC1(CC)C(C)C1(C(C)C)C(F)(F)F. The van der Waals surface area contributed by atoms with E-state index in [-0.39, 0.29) is 11.8 Å². The molecule has 1 rings (SSSR count). The molecule has 0 aliphatic heterocycles. The van der Waals surface area contributed by atoms with Gasteiger partial charge in [-0.3, -0.25) is 0 Å². The highest BCUT2D eigenvalue weighted by Crippen LogP contribution is 2.81. The van der Waals surface area contributed by atoms with E-state index in [2.05, 4.69) is 0 Å². The maximum Gasteiger partial charge on any atom is 0.395 e. The largest absolute Gasteiger partial charge is 0.395 e. The zero-order valence-electron chi connectivity index (χ0n) is 10.2. The second-order valence-corrected chi connectivity index (χ2v) is 5.11. The van der Waals surface area contributed by atoms with Crippen LogP contribution in [-0.2, 0) is 0 Å². The normalized spacial score (nSPS) is 34.6. The third kappa shape index (κ3) is 1.21. The van der Waals surface area contributed by atoms with E-state index in [9.17, 15) is 13.2 Å². The number of hydrogen-bond acceptors (Lipinski definition) is 0. The summed E-state index contributed by atoms with van der Waals surface area (Å²) in [5.74, 6) is -0.563. The molecule has 0 amide bonds. The summed E-state index contributed by atoms with van der Waals surface area (Å²) < 4.78 is 39.8. The third-order valence-corrected chi connectivity index (χ3v) is 4.89. The number of hydrogen-bond donors (Lipinski definition) is 0. The van der Waals surface area contributed by atoms with E-state index in [0.717, 1.165) is 0 Å². The molecule has 1 aliphatic rings. The molecule has 0 nitrogen and oxygen atoms in total. The summed E-state index contributed by atoms with van der Waals surface area (Å²) >= 11 is 0. The van der Waals surface area contributed by atoms with Crippen molar-refractivity contribution in [3.63, 3.8) is 0 Å². The van der Waals surface area contributed by atoms with Crippen LogP contribution in [0.5, 0.6) is 0 Å². The van der Waals surface area contributed by atoms with Crippen LogP contribution in [0.3, 0.4) is 0 Å². The molecule has 1 fully saturated rings. The third-order valence-electron chi connectivity index (χ3n) is 4.89. The van der Waals surface area contributed by atoms with Crippen molar-refractivity contribution in [2.45, 2.75) is 53.6 Å². The summed E-state index contributed by atoms with van der Waals surface area (Å²) in [6.45, 7) is 8.94. The monoisotopic (exact) mass is 222 g/mol. The molecule has 0 aromatic carbocycles. The van der Waals surface area contributed by atoms with Gasteiger partial charge in [0.1, 0.15) is 0 Å². The van der Waals surface area contributed by atoms with Crippen molar-refractivity contribution in [1.82, 2.24) is 0 Å². The van der Waals surface area contributed by atoms with Gasteiger partial charge in [-0.25, -0.2) is 0 Å². The van der Waals surface area contributed by atoms with Crippen LogP contribution in [0.15, 0.2) is 0 Å². The average Bonchev–Trinajstić information content (AvgIpc) is 2.66. The van der Waals surface area contributed by atoms with Gasteiger partial charge in [0.05, 0.1) is 5.41 Å². The predicted molar refractivity (Wildman–Crippen MR) is 55.5 cm³/mol. The highest BCUT2D eigenvalue weighted by molar-refractivity contribution is 5.22. The van der Waals surface area contributed by atoms with Crippen LogP contribution in [0.25, 0.3) is 0 Å². The second-order valence-electron chi connectivity index (χ2n) is 5.11. The lowest BCUT2D eigenvalue weighted by Crippen LogP contribution is -2.35. The molecule has 0 saturated heterocycles. The first kappa shape index (κ1) is 12.9. The maximum atomic E-state index is 13.3. The van der Waals surface area contributed by atoms with Crippen LogP contribution < -0.4 is 0 Å². The number of halogens is 3. The lowest BCUT2D eigenvalue weighted by molar-refractivity contribution is -0.216. The fourth-order valence-corrected chi connectivity index (χ4v) is 4.22. The molecule has 15 heavy (non-hydrogen) atoms. The smallest absolute Gasteiger partial charge is 0.170 e. The molecule has 0 bridgehead atoms. The van der Waals surface area contributed by atoms with Crippen molar-refractivity contribution in [2.24, 2.45) is 22.7 Å². The Morgan fingerprint density at radius 1 is 1.13 bits per heavy atom. The Kier molecular flexibility index (Phi) is 2.91. The first-order chi connectivity index (χ1) is 6.72. The Hall–Kier alpha value is -0.210. The summed E-state index contributed by atoms with van der Waals surface area (Å²) in [5, 5.41) is 0. The van der Waals surface area contributed by atoms with Gasteiger partial charge in [0, 0.05) is 0 Å². The molecule has 0 spiro atoms. The van der Waals surface area contributed by atoms with Crippen molar-refractivity contribution < 1.29 is 13.2 Å². The lowest BCUT2D eigenvalue weighted by atomic mass is 9.79. The Balaban J connectivity index is 3.19. The Bertz CT molecular complexity index is 238. The van der Waals surface area contributed by atoms with Gasteiger partial charge in [-0.05, 0) is 30.1 Å². The van der Waals surface area contributed by atoms with Gasteiger partial charge in [-0.2, -0.15) is 13.2 Å². The Morgan fingerprint density at radius 3 is 1.60 bits per heavy atom. The molecule has 0 heterocycles. The van der Waals surface area contributed by atoms with Crippen LogP contribution in [0.2, 0.25) is 0 Å². The molecular formula is C12H21F3. The molecular weight excluding hydrogens is 201 g/mol. The number of rotatable bonds is 3. The molecule has 0 aromatic heterocycles. The van der Waals surface area contributed by atoms with Crippen LogP contribution in [0.4, 0.5) is 13.2 Å². The molecule has 3 heteroatoms.